The van der Waals surface area contributed by atoms with Gasteiger partial charge in [0.05, 0.1) is 50.3 Å². The molecule has 5 aliphatic heterocycles. The summed E-state index contributed by atoms with van der Waals surface area (Å²) in [4.78, 5) is 14.8. The number of ether oxygens (including phenoxy) is 10. The van der Waals surface area contributed by atoms with Crippen molar-refractivity contribution in [3.05, 3.63) is 11.6 Å². The molecule has 0 radical (unpaired) electrons. The smallest absolute Gasteiger partial charge is 0.187 e. The van der Waals surface area contributed by atoms with Crippen LogP contribution < -0.4 is 0 Å². The highest BCUT2D eigenvalue weighted by atomic mass is 16.8. The Labute approximate surface area is 494 Å². The second-order valence-corrected chi connectivity index (χ2v) is 27.6. The van der Waals surface area contributed by atoms with Crippen molar-refractivity contribution in [3.8, 4) is 0 Å². The molecule has 4 saturated carbocycles. The molecule has 9 rings (SSSR count). The first-order chi connectivity index (χ1) is 39.8. The van der Waals surface area contributed by atoms with Gasteiger partial charge in [-0.05, 0) is 100 Å². The molecule has 9 fully saturated rings. The molecule has 9 aliphatic rings. The summed E-state index contributed by atoms with van der Waals surface area (Å²) in [5, 5.41) is 175. The van der Waals surface area contributed by atoms with Crippen LogP contribution in [0.25, 0.3) is 0 Å². The molecular weight excluding hydrogens is 1130 g/mol. The van der Waals surface area contributed by atoms with Gasteiger partial charge in [0.2, 0.25) is 0 Å². The van der Waals surface area contributed by atoms with Crippen LogP contribution in [0.2, 0.25) is 0 Å². The summed E-state index contributed by atoms with van der Waals surface area (Å²) in [6, 6.07) is 0. The second kappa shape index (κ2) is 25.8. The average molecular weight is 1230 g/mol. The molecular formula is C58H96O27. The average Bonchev–Trinajstić information content (AvgIpc) is 1.67. The van der Waals surface area contributed by atoms with Crippen LogP contribution in [0.3, 0.4) is 0 Å². The first-order valence-electron chi connectivity index (χ1n) is 30.2. The van der Waals surface area contributed by atoms with E-state index in [9.17, 15) is 86.5 Å². The number of aliphatic hydroxyl groups excluding tert-OH is 15. The summed E-state index contributed by atoms with van der Waals surface area (Å²) in [6.45, 7) is 12.5. The SMILES string of the molecule is CC(C)=C[C@@H](C[C@](C)(O)[C@H]1C(=O)C[C@]2(CO)[C@@H]1CC[C@@H]1[C@@]3(C)CC[C@H](O[C@@H]4OC[C@H](O)[C@H](O[C@@H]5O[C@H](CO)[C@@H](O)[C@H](O)[C@H]5O[C@@H]5OC[C@@H](O)[C@H](O)[C@H]5O)[C@H]4O[C@H]4O[C@H](C)[C@H](O)[C@H](O)[C@H]4O)C(C)(C)C3CC[C@]12C)O[C@@H]1O[C@H](CO)[C@@H](O)[C@H](O)[C@H]1O. The second-order valence-electron chi connectivity index (χ2n) is 27.6. The van der Waals surface area contributed by atoms with E-state index in [2.05, 4.69) is 27.7 Å². The fraction of sp³-hybridized carbons (Fsp3) is 0.948. The summed E-state index contributed by atoms with van der Waals surface area (Å²) in [6.07, 6.45) is -34.3. The summed E-state index contributed by atoms with van der Waals surface area (Å²) in [5.41, 5.74) is -3.58. The molecule has 16 N–H and O–H groups in total. The lowest BCUT2D eigenvalue weighted by molar-refractivity contribution is -0.398. The fourth-order valence-corrected chi connectivity index (χ4v) is 17.2. The monoisotopic (exact) mass is 1220 g/mol. The normalized spacial score (nSPS) is 52.1. The standard InChI is InChI=1S/C58H96O27/c1-23(2)15-25(79-51-45(74)41(70)38(67)30(18-59)80-51)16-57(8,75)35-26-9-10-33-55(6)13-12-34(54(4,5)32(55)11-14-56(33,7)58(26,22-61)17-27(35)62)82-52-48(85-50-44(73)40(69)36(65)24(3)78-50)46(29(64)21-77-52)83-53-47(42(71)39(68)31(19-60)81-53)84-49-43(72)37(66)28(63)20-76-49/h15,24-26,28-53,59-61,63-75H,9-14,16-22H2,1-8H3/t24-,25+,26-,28-,29+,30-,31-,32?,33-,34+,35-,36+,37+,38-,39-,40+,41+,42+,43-,44-,45-,46+,47-,48-,49+,50-,51-,52+,53+,55+,56-,57+,58+/m1/s1. The third-order valence-corrected chi connectivity index (χ3v) is 21.7. The van der Waals surface area contributed by atoms with Crippen LogP contribution >= 0.6 is 0 Å². The molecule has 490 valence electrons. The first kappa shape index (κ1) is 67.8. The van der Waals surface area contributed by atoms with E-state index in [-0.39, 0.29) is 37.1 Å². The number of hydrogen-bond donors (Lipinski definition) is 16. The lowest BCUT2D eigenvalue weighted by Crippen LogP contribution is -2.67. The van der Waals surface area contributed by atoms with Crippen LogP contribution in [-0.2, 0) is 52.2 Å². The van der Waals surface area contributed by atoms with Gasteiger partial charge in [0.1, 0.15) is 110 Å². The van der Waals surface area contributed by atoms with Gasteiger partial charge in [-0.3, -0.25) is 4.79 Å². The first-order valence-corrected chi connectivity index (χ1v) is 30.2. The van der Waals surface area contributed by atoms with E-state index >= 15 is 0 Å². The van der Waals surface area contributed by atoms with E-state index in [1.807, 2.05) is 13.8 Å². The third-order valence-electron chi connectivity index (χ3n) is 21.7. The number of carbonyl (C=O) groups excluding carboxylic acids is 1. The Kier molecular flexibility index (Phi) is 20.6. The summed E-state index contributed by atoms with van der Waals surface area (Å²) in [5.74, 6) is -1.66. The third kappa shape index (κ3) is 12.1. The molecule has 85 heavy (non-hydrogen) atoms. The van der Waals surface area contributed by atoms with Crippen molar-refractivity contribution in [3.63, 3.8) is 0 Å². The predicted octanol–water partition coefficient (Wildman–Crippen LogP) is -3.92. The molecule has 5 heterocycles. The van der Waals surface area contributed by atoms with E-state index in [4.69, 9.17) is 47.4 Å². The number of carbonyl (C=O) groups is 1. The maximum atomic E-state index is 14.8. The lowest BCUT2D eigenvalue weighted by Gasteiger charge is -2.70. The highest BCUT2D eigenvalue weighted by Crippen LogP contribution is 2.75. The molecule has 0 aromatic rings. The van der Waals surface area contributed by atoms with Crippen molar-refractivity contribution in [2.75, 3.05) is 33.0 Å². The molecule has 0 amide bonds. The Morgan fingerprint density at radius 2 is 1.19 bits per heavy atom. The quantitative estimate of drug-likeness (QED) is 0.0489. The number of fused-ring (bicyclic) bond motifs is 5. The van der Waals surface area contributed by atoms with E-state index in [1.165, 1.54) is 6.92 Å². The zero-order valence-corrected chi connectivity index (χ0v) is 49.7. The molecule has 0 spiro atoms. The molecule has 0 aromatic carbocycles. The van der Waals surface area contributed by atoms with Gasteiger partial charge in [0.25, 0.3) is 0 Å². The van der Waals surface area contributed by atoms with Gasteiger partial charge < -0.3 is 129 Å². The van der Waals surface area contributed by atoms with Crippen LogP contribution in [0.5, 0.6) is 0 Å². The Morgan fingerprint density at radius 3 is 1.84 bits per heavy atom. The highest BCUT2D eigenvalue weighted by molar-refractivity contribution is 5.86. The van der Waals surface area contributed by atoms with Crippen LogP contribution in [0.4, 0.5) is 0 Å². The van der Waals surface area contributed by atoms with Gasteiger partial charge in [-0.2, -0.15) is 0 Å². The molecule has 0 aromatic heterocycles. The zero-order chi connectivity index (χ0) is 62.4. The van der Waals surface area contributed by atoms with Crippen molar-refractivity contribution in [2.24, 2.45) is 45.3 Å². The van der Waals surface area contributed by atoms with Gasteiger partial charge in [0, 0.05) is 30.8 Å². The summed E-state index contributed by atoms with van der Waals surface area (Å²) < 4.78 is 61.2. The van der Waals surface area contributed by atoms with Crippen LogP contribution in [0.1, 0.15) is 107 Å². The van der Waals surface area contributed by atoms with Crippen LogP contribution in [-0.4, -0.2) is 280 Å². The van der Waals surface area contributed by atoms with Gasteiger partial charge in [-0.25, -0.2) is 0 Å². The minimum absolute atomic E-state index is 0.0188. The Morgan fingerprint density at radius 1 is 0.612 bits per heavy atom. The van der Waals surface area contributed by atoms with E-state index in [0.29, 0.717) is 38.5 Å². The summed E-state index contributed by atoms with van der Waals surface area (Å²) in [7, 11) is 0. The number of Topliss-reactive ketones (excluding diaryl/α,β-unsaturated/α-hetero) is 1. The van der Waals surface area contributed by atoms with Crippen LogP contribution in [0, 0.1) is 45.3 Å². The van der Waals surface area contributed by atoms with Gasteiger partial charge >= 0.3 is 0 Å². The largest absolute Gasteiger partial charge is 0.396 e. The van der Waals surface area contributed by atoms with E-state index < -0.39 is 219 Å². The Balaban J connectivity index is 0.960. The minimum atomic E-state index is -1.93. The van der Waals surface area contributed by atoms with Crippen molar-refractivity contribution < 1.29 is 134 Å². The molecule has 0 bridgehead atoms. The molecule has 4 aliphatic carbocycles. The van der Waals surface area contributed by atoms with E-state index in [0.717, 1.165) is 5.57 Å². The lowest BCUT2D eigenvalue weighted by atomic mass is 9.35. The van der Waals surface area contributed by atoms with Gasteiger partial charge in [-0.1, -0.05) is 39.3 Å². The van der Waals surface area contributed by atoms with Crippen molar-refractivity contribution in [1.82, 2.24) is 0 Å². The van der Waals surface area contributed by atoms with Crippen molar-refractivity contribution >= 4 is 5.78 Å². The molecule has 27 heteroatoms. The van der Waals surface area contributed by atoms with Crippen molar-refractivity contribution in [1.29, 1.82) is 0 Å². The maximum Gasteiger partial charge on any atom is 0.187 e. The van der Waals surface area contributed by atoms with Crippen LogP contribution in [0.15, 0.2) is 11.6 Å². The fourth-order valence-electron chi connectivity index (χ4n) is 17.2. The Bertz CT molecular complexity index is 2290. The zero-order valence-electron chi connectivity index (χ0n) is 49.7. The predicted molar refractivity (Wildman–Crippen MR) is 287 cm³/mol. The van der Waals surface area contributed by atoms with Gasteiger partial charge in [-0.15, -0.1) is 0 Å². The Hall–Kier alpha value is -1.63. The highest BCUT2D eigenvalue weighted by Gasteiger charge is 2.73. The number of hydrogen-bond acceptors (Lipinski definition) is 27. The van der Waals surface area contributed by atoms with E-state index in [1.54, 1.807) is 13.0 Å². The minimum Gasteiger partial charge on any atom is -0.396 e. The molecule has 1 unspecified atom stereocenters. The number of allylic oxidation sites excluding steroid dienone is 1. The summed E-state index contributed by atoms with van der Waals surface area (Å²) >= 11 is 0. The number of ketones is 1. The number of rotatable bonds is 17. The molecule has 27 nitrogen and oxygen atoms in total. The molecule has 5 saturated heterocycles. The number of aliphatic hydroxyl groups is 16. The van der Waals surface area contributed by atoms with Gasteiger partial charge in [0.15, 0.2) is 31.5 Å². The van der Waals surface area contributed by atoms with Crippen molar-refractivity contribution in [2.45, 2.75) is 266 Å². The molecule has 33 atom stereocenters. The topological polar surface area (TPSA) is 433 Å². The maximum absolute atomic E-state index is 14.8.